The summed E-state index contributed by atoms with van der Waals surface area (Å²) < 4.78 is 0.338. The van der Waals surface area contributed by atoms with Gasteiger partial charge in [-0.1, -0.05) is 13.3 Å². The molecule has 22 heavy (non-hydrogen) atoms. The summed E-state index contributed by atoms with van der Waals surface area (Å²) in [5.41, 5.74) is 0. The maximum absolute atomic E-state index is 12.0. The van der Waals surface area contributed by atoms with Gasteiger partial charge in [-0.15, -0.1) is 11.8 Å². The minimum Gasteiger partial charge on any atom is -0.338 e. The van der Waals surface area contributed by atoms with Crippen LogP contribution in [0.5, 0.6) is 0 Å². The van der Waals surface area contributed by atoms with E-state index in [1.165, 1.54) is 38.5 Å². The van der Waals surface area contributed by atoms with E-state index in [4.69, 9.17) is 0 Å². The summed E-state index contributed by atoms with van der Waals surface area (Å²) in [6, 6.07) is -0.343. The number of hydrogen-bond acceptors (Lipinski definition) is 3. The minimum absolute atomic E-state index is 0.144. The van der Waals surface area contributed by atoms with Gasteiger partial charge in [0.15, 0.2) is 0 Å². The van der Waals surface area contributed by atoms with Crippen molar-refractivity contribution < 1.29 is 9.59 Å². The number of nitrogens with one attached hydrogen (secondary N) is 2. The van der Waals surface area contributed by atoms with Gasteiger partial charge in [0.25, 0.3) is 0 Å². The van der Waals surface area contributed by atoms with Crippen LogP contribution in [-0.2, 0) is 4.79 Å². The van der Waals surface area contributed by atoms with E-state index in [-0.39, 0.29) is 11.9 Å². The monoisotopic (exact) mass is 324 g/mol. The van der Waals surface area contributed by atoms with Gasteiger partial charge in [0.2, 0.25) is 5.91 Å². The molecular formula is C17H28N2O2S. The van der Waals surface area contributed by atoms with E-state index < -0.39 is 0 Å². The molecule has 0 aliphatic heterocycles. The van der Waals surface area contributed by atoms with Crippen molar-refractivity contribution in [1.82, 2.24) is 10.6 Å². The summed E-state index contributed by atoms with van der Waals surface area (Å²) in [5, 5.41) is 5.19. The molecule has 0 aromatic carbocycles. The maximum atomic E-state index is 12.0. The Morgan fingerprint density at radius 2 is 1.68 bits per heavy atom. The van der Waals surface area contributed by atoms with Gasteiger partial charge in [-0.3, -0.25) is 10.1 Å². The summed E-state index contributed by atoms with van der Waals surface area (Å²) in [7, 11) is 0. The third-order valence-electron chi connectivity index (χ3n) is 5.56. The van der Waals surface area contributed by atoms with Gasteiger partial charge in [-0.25, -0.2) is 4.79 Å². The van der Waals surface area contributed by atoms with Gasteiger partial charge < -0.3 is 5.32 Å². The van der Waals surface area contributed by atoms with E-state index in [1.54, 1.807) is 0 Å². The first-order valence-electron chi connectivity index (χ1n) is 8.80. The van der Waals surface area contributed by atoms with Crippen LogP contribution in [-0.4, -0.2) is 29.0 Å². The number of amides is 3. The molecule has 0 spiro atoms. The number of carbonyl (C=O) groups is 2. The van der Waals surface area contributed by atoms with Crippen LogP contribution in [0.4, 0.5) is 4.79 Å². The third-order valence-corrected chi connectivity index (χ3v) is 7.08. The van der Waals surface area contributed by atoms with Gasteiger partial charge in [0.05, 0.1) is 5.75 Å². The standard InChI is InChI=1S/C17H28N2O2S/c1-2-3-4-18-16(21)19-15(20)11-22-17-8-12-5-13(9-17)7-14(6-12)10-17/h12-14H,2-11H2,1H3,(H2,18,19,20,21). The molecule has 0 radical (unpaired) electrons. The fourth-order valence-corrected chi connectivity index (χ4v) is 6.58. The molecule has 124 valence electrons. The molecule has 4 bridgehead atoms. The van der Waals surface area contributed by atoms with Gasteiger partial charge in [-0.05, 0) is 62.7 Å². The van der Waals surface area contributed by atoms with E-state index >= 15 is 0 Å². The quantitative estimate of drug-likeness (QED) is 0.737. The highest BCUT2D eigenvalue weighted by molar-refractivity contribution is 8.01. The highest BCUT2D eigenvalue weighted by Gasteiger charge is 2.51. The second kappa shape index (κ2) is 6.81. The number of unbranched alkanes of at least 4 members (excludes halogenated alkanes) is 1. The molecule has 0 heterocycles. The zero-order valence-corrected chi connectivity index (χ0v) is 14.3. The Morgan fingerprint density at radius 3 is 2.23 bits per heavy atom. The second-order valence-electron chi connectivity index (χ2n) is 7.55. The van der Waals surface area contributed by atoms with Crippen LogP contribution in [0.1, 0.15) is 58.3 Å². The third kappa shape index (κ3) is 3.79. The minimum atomic E-state index is -0.343. The lowest BCUT2D eigenvalue weighted by atomic mass is 9.56. The van der Waals surface area contributed by atoms with Crippen molar-refractivity contribution in [2.75, 3.05) is 12.3 Å². The van der Waals surface area contributed by atoms with Crippen LogP contribution in [0.2, 0.25) is 0 Å². The summed E-state index contributed by atoms with van der Waals surface area (Å²) in [4.78, 5) is 23.6. The van der Waals surface area contributed by atoms with Crippen LogP contribution in [0.15, 0.2) is 0 Å². The van der Waals surface area contributed by atoms with Crippen molar-refractivity contribution in [3.05, 3.63) is 0 Å². The number of imide groups is 1. The normalized spacial score (nSPS) is 35.4. The van der Waals surface area contributed by atoms with E-state index in [0.717, 1.165) is 30.6 Å². The molecule has 3 amide bonds. The Morgan fingerprint density at radius 1 is 1.09 bits per heavy atom. The number of urea groups is 1. The van der Waals surface area contributed by atoms with E-state index in [9.17, 15) is 9.59 Å². The van der Waals surface area contributed by atoms with E-state index in [0.29, 0.717) is 17.0 Å². The zero-order valence-electron chi connectivity index (χ0n) is 13.5. The van der Waals surface area contributed by atoms with Crippen LogP contribution in [0.3, 0.4) is 0 Å². The Balaban J connectivity index is 1.42. The second-order valence-corrected chi connectivity index (χ2v) is 8.99. The Kier molecular flexibility index (Phi) is 5.00. The zero-order chi connectivity index (χ0) is 15.6. The Hall–Kier alpha value is -0.710. The average Bonchev–Trinajstić information content (AvgIpc) is 2.44. The largest absolute Gasteiger partial charge is 0.338 e. The first-order valence-corrected chi connectivity index (χ1v) is 9.79. The van der Waals surface area contributed by atoms with Crippen LogP contribution >= 0.6 is 11.8 Å². The lowest BCUT2D eigenvalue weighted by Crippen LogP contribution is -2.49. The van der Waals surface area contributed by atoms with Crippen molar-refractivity contribution in [2.45, 2.75) is 63.0 Å². The summed E-state index contributed by atoms with van der Waals surface area (Å²) >= 11 is 1.82. The van der Waals surface area contributed by atoms with Crippen molar-refractivity contribution in [1.29, 1.82) is 0 Å². The highest BCUT2D eigenvalue weighted by Crippen LogP contribution is 2.60. The van der Waals surface area contributed by atoms with Gasteiger partial charge in [0, 0.05) is 11.3 Å². The number of thioether (sulfide) groups is 1. The molecular weight excluding hydrogens is 296 g/mol. The van der Waals surface area contributed by atoms with Crippen molar-refractivity contribution in [3.63, 3.8) is 0 Å². The molecule has 0 saturated heterocycles. The van der Waals surface area contributed by atoms with Crippen LogP contribution in [0.25, 0.3) is 0 Å². The van der Waals surface area contributed by atoms with Crippen LogP contribution in [0, 0.1) is 17.8 Å². The number of carbonyl (C=O) groups excluding carboxylic acids is 2. The molecule has 4 aliphatic carbocycles. The van der Waals surface area contributed by atoms with Gasteiger partial charge in [0.1, 0.15) is 0 Å². The summed E-state index contributed by atoms with van der Waals surface area (Å²) in [6.45, 7) is 2.71. The molecule has 0 atom stereocenters. The van der Waals surface area contributed by atoms with Crippen molar-refractivity contribution in [2.24, 2.45) is 17.8 Å². The van der Waals surface area contributed by atoms with Gasteiger partial charge >= 0.3 is 6.03 Å². The first-order chi connectivity index (χ1) is 10.6. The molecule has 2 N–H and O–H groups in total. The Bertz CT molecular complexity index is 403. The predicted octanol–water partition coefficient (Wildman–Crippen LogP) is 3.31. The summed E-state index contributed by atoms with van der Waals surface area (Å²) in [6.07, 6.45) is 10.1. The fourth-order valence-electron chi connectivity index (χ4n) is 5.01. The van der Waals surface area contributed by atoms with Crippen molar-refractivity contribution in [3.8, 4) is 0 Å². The molecule has 0 unspecified atom stereocenters. The Labute approximate surface area is 137 Å². The number of hydrogen-bond donors (Lipinski definition) is 2. The maximum Gasteiger partial charge on any atom is 0.321 e. The molecule has 0 aromatic rings. The van der Waals surface area contributed by atoms with Gasteiger partial charge in [-0.2, -0.15) is 0 Å². The van der Waals surface area contributed by atoms with Crippen molar-refractivity contribution >= 4 is 23.7 Å². The van der Waals surface area contributed by atoms with Crippen LogP contribution < -0.4 is 10.6 Å². The molecule has 4 nitrogen and oxygen atoms in total. The van der Waals surface area contributed by atoms with E-state index in [2.05, 4.69) is 17.6 Å². The molecule has 5 heteroatoms. The predicted molar refractivity (Wildman–Crippen MR) is 89.8 cm³/mol. The number of rotatable bonds is 6. The smallest absolute Gasteiger partial charge is 0.321 e. The molecule has 4 rings (SSSR count). The molecule has 0 aromatic heterocycles. The van der Waals surface area contributed by atoms with E-state index in [1.807, 2.05) is 11.8 Å². The molecule has 4 fully saturated rings. The highest BCUT2D eigenvalue weighted by atomic mass is 32.2. The summed E-state index contributed by atoms with van der Waals surface area (Å²) in [5.74, 6) is 2.99. The SMILES string of the molecule is CCCCNC(=O)NC(=O)CSC12CC3CC(CC(C3)C1)C2. The molecule has 4 saturated carbocycles. The lowest BCUT2D eigenvalue weighted by Gasteiger charge is -2.56. The fraction of sp³-hybridized carbons (Fsp3) is 0.882. The average molecular weight is 324 g/mol. The molecule has 4 aliphatic rings. The lowest BCUT2D eigenvalue weighted by molar-refractivity contribution is -0.117. The first kappa shape index (κ1) is 16.2. The topological polar surface area (TPSA) is 58.2 Å².